The largest absolute Gasteiger partial charge is 0.314 e. The summed E-state index contributed by atoms with van der Waals surface area (Å²) >= 11 is 0. The van der Waals surface area contributed by atoms with Crippen LogP contribution in [0, 0.1) is 5.92 Å². The Kier molecular flexibility index (Phi) is 4.66. The van der Waals surface area contributed by atoms with Gasteiger partial charge in [-0.05, 0) is 57.7 Å². The Labute approximate surface area is 101 Å². The van der Waals surface area contributed by atoms with Crippen molar-refractivity contribution in [1.82, 2.24) is 10.2 Å². The van der Waals surface area contributed by atoms with Crippen molar-refractivity contribution >= 4 is 0 Å². The number of rotatable bonds is 2. The van der Waals surface area contributed by atoms with Gasteiger partial charge in [-0.2, -0.15) is 0 Å². The van der Waals surface area contributed by atoms with E-state index in [-0.39, 0.29) is 0 Å². The molecule has 1 aliphatic heterocycles. The Balaban J connectivity index is 1.88. The molecule has 0 amide bonds. The fourth-order valence-electron chi connectivity index (χ4n) is 3.47. The van der Waals surface area contributed by atoms with E-state index in [1.807, 2.05) is 0 Å². The van der Waals surface area contributed by atoms with Crippen molar-refractivity contribution in [3.8, 4) is 0 Å². The maximum absolute atomic E-state index is 3.67. The summed E-state index contributed by atoms with van der Waals surface area (Å²) in [6.07, 6.45) is 8.33. The van der Waals surface area contributed by atoms with Crippen LogP contribution in [0.4, 0.5) is 0 Å². The van der Waals surface area contributed by atoms with Crippen LogP contribution in [0.5, 0.6) is 0 Å². The van der Waals surface area contributed by atoms with Gasteiger partial charge < -0.3 is 10.2 Å². The van der Waals surface area contributed by atoms with Crippen molar-refractivity contribution in [3.05, 3.63) is 0 Å². The first-order valence-corrected chi connectivity index (χ1v) is 7.28. The zero-order valence-electron chi connectivity index (χ0n) is 11.0. The Morgan fingerprint density at radius 1 is 1.12 bits per heavy atom. The molecule has 1 saturated carbocycles. The molecule has 2 rings (SSSR count). The normalized spacial score (nSPS) is 38.2. The minimum absolute atomic E-state index is 0.763. The summed E-state index contributed by atoms with van der Waals surface area (Å²) in [5, 5.41) is 3.67. The molecule has 3 atom stereocenters. The third kappa shape index (κ3) is 2.98. The zero-order chi connectivity index (χ0) is 11.4. The van der Waals surface area contributed by atoms with E-state index < -0.39 is 0 Å². The summed E-state index contributed by atoms with van der Waals surface area (Å²) < 4.78 is 0. The van der Waals surface area contributed by atoms with Gasteiger partial charge in [0, 0.05) is 12.1 Å². The van der Waals surface area contributed by atoms with Crippen LogP contribution >= 0.6 is 0 Å². The summed E-state index contributed by atoms with van der Waals surface area (Å²) in [4.78, 5) is 2.79. The standard InChI is InChI=1S/C14H28N2/c1-3-13-8-11-16(10-5-9-15-13)14-7-4-6-12(14)2/h12-15H,3-11H2,1-2H3. The fraction of sp³-hybridized carbons (Fsp3) is 1.00. The molecule has 94 valence electrons. The fourth-order valence-corrected chi connectivity index (χ4v) is 3.47. The summed E-state index contributed by atoms with van der Waals surface area (Å²) in [6, 6.07) is 1.66. The lowest BCUT2D eigenvalue weighted by Crippen LogP contribution is -2.44. The molecular formula is C14H28N2. The Morgan fingerprint density at radius 3 is 2.69 bits per heavy atom. The predicted molar refractivity (Wildman–Crippen MR) is 69.7 cm³/mol. The number of hydrogen-bond acceptors (Lipinski definition) is 2. The van der Waals surface area contributed by atoms with Crippen LogP contribution in [0.25, 0.3) is 0 Å². The quantitative estimate of drug-likeness (QED) is 0.776. The molecule has 3 unspecified atom stereocenters. The minimum Gasteiger partial charge on any atom is -0.314 e. The van der Waals surface area contributed by atoms with Crippen LogP contribution in [0.15, 0.2) is 0 Å². The molecule has 1 aliphatic carbocycles. The van der Waals surface area contributed by atoms with Gasteiger partial charge in [-0.25, -0.2) is 0 Å². The minimum atomic E-state index is 0.763. The first kappa shape index (κ1) is 12.4. The molecule has 1 N–H and O–H groups in total. The molecule has 2 heteroatoms. The molecule has 1 saturated heterocycles. The van der Waals surface area contributed by atoms with Crippen LogP contribution < -0.4 is 5.32 Å². The van der Waals surface area contributed by atoms with Crippen molar-refractivity contribution in [2.75, 3.05) is 19.6 Å². The van der Waals surface area contributed by atoms with E-state index in [9.17, 15) is 0 Å². The maximum atomic E-state index is 3.67. The summed E-state index contributed by atoms with van der Waals surface area (Å²) in [7, 11) is 0. The van der Waals surface area contributed by atoms with Gasteiger partial charge in [-0.1, -0.05) is 20.3 Å². The van der Waals surface area contributed by atoms with Crippen LogP contribution in [0.3, 0.4) is 0 Å². The molecule has 0 radical (unpaired) electrons. The highest BCUT2D eigenvalue weighted by Crippen LogP contribution is 2.30. The number of nitrogens with zero attached hydrogens (tertiary/aromatic N) is 1. The van der Waals surface area contributed by atoms with Crippen LogP contribution in [-0.4, -0.2) is 36.6 Å². The molecule has 2 nitrogen and oxygen atoms in total. The van der Waals surface area contributed by atoms with Crippen LogP contribution in [0.1, 0.15) is 52.4 Å². The molecule has 0 bridgehead atoms. The van der Waals surface area contributed by atoms with Crippen molar-refractivity contribution in [3.63, 3.8) is 0 Å². The second-order valence-electron chi connectivity index (χ2n) is 5.71. The highest BCUT2D eigenvalue weighted by atomic mass is 15.2. The third-order valence-electron chi connectivity index (χ3n) is 4.60. The second kappa shape index (κ2) is 6.02. The lowest BCUT2D eigenvalue weighted by molar-refractivity contribution is 0.145. The SMILES string of the molecule is CCC1CCN(C2CCCC2C)CCCN1. The third-order valence-corrected chi connectivity index (χ3v) is 4.60. The summed E-state index contributed by atoms with van der Waals surface area (Å²) in [6.45, 7) is 8.61. The smallest absolute Gasteiger partial charge is 0.0121 e. The average molecular weight is 224 g/mol. The van der Waals surface area contributed by atoms with Gasteiger partial charge in [0.2, 0.25) is 0 Å². The van der Waals surface area contributed by atoms with Crippen LogP contribution in [-0.2, 0) is 0 Å². The van der Waals surface area contributed by atoms with Crippen molar-refractivity contribution in [2.24, 2.45) is 5.92 Å². The molecule has 2 fully saturated rings. The van der Waals surface area contributed by atoms with Gasteiger partial charge in [0.1, 0.15) is 0 Å². The van der Waals surface area contributed by atoms with Gasteiger partial charge in [0.25, 0.3) is 0 Å². The maximum Gasteiger partial charge on any atom is 0.0121 e. The molecular weight excluding hydrogens is 196 g/mol. The average Bonchev–Trinajstić information content (AvgIpc) is 2.65. The lowest BCUT2D eigenvalue weighted by atomic mass is 10.0. The van der Waals surface area contributed by atoms with E-state index in [1.165, 1.54) is 58.2 Å². The van der Waals surface area contributed by atoms with E-state index in [4.69, 9.17) is 0 Å². The molecule has 0 aromatic rings. The van der Waals surface area contributed by atoms with Crippen molar-refractivity contribution < 1.29 is 0 Å². The van der Waals surface area contributed by atoms with Gasteiger partial charge in [-0.15, -0.1) is 0 Å². The number of nitrogens with one attached hydrogen (secondary N) is 1. The van der Waals surface area contributed by atoms with Gasteiger partial charge in [-0.3, -0.25) is 0 Å². The molecule has 0 aromatic heterocycles. The summed E-state index contributed by atoms with van der Waals surface area (Å²) in [5.74, 6) is 0.937. The molecule has 2 aliphatic rings. The number of hydrogen-bond donors (Lipinski definition) is 1. The Bertz CT molecular complexity index is 205. The predicted octanol–water partition coefficient (Wildman–Crippen LogP) is 2.64. The van der Waals surface area contributed by atoms with E-state index in [0.29, 0.717) is 0 Å². The van der Waals surface area contributed by atoms with Crippen molar-refractivity contribution in [1.29, 1.82) is 0 Å². The molecule has 0 spiro atoms. The monoisotopic (exact) mass is 224 g/mol. The first-order valence-electron chi connectivity index (χ1n) is 7.28. The highest BCUT2D eigenvalue weighted by molar-refractivity contribution is 4.85. The molecule has 1 heterocycles. The molecule has 0 aromatic carbocycles. The lowest BCUT2D eigenvalue weighted by Gasteiger charge is -2.35. The second-order valence-corrected chi connectivity index (χ2v) is 5.71. The van der Waals surface area contributed by atoms with E-state index in [2.05, 4.69) is 24.1 Å². The van der Waals surface area contributed by atoms with E-state index >= 15 is 0 Å². The zero-order valence-corrected chi connectivity index (χ0v) is 11.0. The first-order chi connectivity index (χ1) is 7.81. The van der Waals surface area contributed by atoms with Gasteiger partial charge in [0.05, 0.1) is 0 Å². The van der Waals surface area contributed by atoms with E-state index in [1.54, 1.807) is 0 Å². The van der Waals surface area contributed by atoms with Crippen molar-refractivity contribution in [2.45, 2.75) is 64.5 Å². The highest BCUT2D eigenvalue weighted by Gasteiger charge is 2.29. The summed E-state index contributed by atoms with van der Waals surface area (Å²) in [5.41, 5.74) is 0. The van der Waals surface area contributed by atoms with E-state index in [0.717, 1.165) is 18.0 Å². The van der Waals surface area contributed by atoms with Gasteiger partial charge in [0.15, 0.2) is 0 Å². The van der Waals surface area contributed by atoms with Gasteiger partial charge >= 0.3 is 0 Å². The Hall–Kier alpha value is -0.0800. The topological polar surface area (TPSA) is 15.3 Å². The van der Waals surface area contributed by atoms with Crippen LogP contribution in [0.2, 0.25) is 0 Å². The molecule has 16 heavy (non-hydrogen) atoms. The Morgan fingerprint density at radius 2 is 2.00 bits per heavy atom.